The number of fused-ring (bicyclic) bond motifs is 1. The molecule has 1 heterocycles. The van der Waals surface area contributed by atoms with Crippen molar-refractivity contribution >= 4 is 16.7 Å². The summed E-state index contributed by atoms with van der Waals surface area (Å²) in [6.07, 6.45) is 4.79. The van der Waals surface area contributed by atoms with Gasteiger partial charge in [-0.1, -0.05) is 30.3 Å². The van der Waals surface area contributed by atoms with Gasteiger partial charge in [-0.15, -0.1) is 0 Å². The molecule has 0 radical (unpaired) electrons. The van der Waals surface area contributed by atoms with E-state index in [2.05, 4.69) is 64.0 Å². The van der Waals surface area contributed by atoms with E-state index in [1.807, 2.05) is 13.1 Å². The predicted octanol–water partition coefficient (Wildman–Crippen LogP) is 3.51. The molecule has 1 saturated heterocycles. The summed E-state index contributed by atoms with van der Waals surface area (Å²) >= 11 is 0. The molecule has 3 rings (SSSR count). The van der Waals surface area contributed by atoms with Crippen LogP contribution in [0.5, 0.6) is 5.75 Å². The summed E-state index contributed by atoms with van der Waals surface area (Å²) in [4.78, 5) is 6.74. The maximum absolute atomic E-state index is 5.89. The Hall–Kier alpha value is -2.27. The summed E-state index contributed by atoms with van der Waals surface area (Å²) < 4.78 is 5.89. The molecular weight excluding hydrogens is 348 g/mol. The monoisotopic (exact) mass is 382 g/mol. The summed E-state index contributed by atoms with van der Waals surface area (Å²) in [5, 5.41) is 9.28. The lowest BCUT2D eigenvalue weighted by Gasteiger charge is -2.29. The van der Waals surface area contributed by atoms with E-state index < -0.39 is 0 Å². The maximum Gasteiger partial charge on any atom is 0.190 e. The molecule has 0 spiro atoms. The van der Waals surface area contributed by atoms with Gasteiger partial charge in [0.25, 0.3) is 0 Å². The van der Waals surface area contributed by atoms with Gasteiger partial charge in [0.2, 0.25) is 0 Å². The van der Waals surface area contributed by atoms with Gasteiger partial charge in [-0.2, -0.15) is 0 Å². The minimum absolute atomic E-state index is 0.692. The molecule has 5 nitrogen and oxygen atoms in total. The van der Waals surface area contributed by atoms with Crippen LogP contribution in [0.1, 0.15) is 25.7 Å². The highest BCUT2D eigenvalue weighted by Gasteiger charge is 2.16. The number of nitrogens with one attached hydrogen (secondary N) is 2. The van der Waals surface area contributed by atoms with Crippen LogP contribution >= 0.6 is 0 Å². The first-order valence-electron chi connectivity index (χ1n) is 10.5. The van der Waals surface area contributed by atoms with Gasteiger partial charge in [0.05, 0.1) is 6.61 Å². The molecule has 0 bridgehead atoms. The van der Waals surface area contributed by atoms with Crippen LogP contribution in [0.2, 0.25) is 0 Å². The highest BCUT2D eigenvalue weighted by molar-refractivity contribution is 5.83. The van der Waals surface area contributed by atoms with Gasteiger partial charge >= 0.3 is 0 Å². The molecule has 1 aliphatic heterocycles. The van der Waals surface area contributed by atoms with E-state index in [0.717, 1.165) is 37.1 Å². The molecule has 0 atom stereocenters. The van der Waals surface area contributed by atoms with Crippen LogP contribution in [0.4, 0.5) is 0 Å². The van der Waals surface area contributed by atoms with Crippen molar-refractivity contribution in [1.29, 1.82) is 0 Å². The van der Waals surface area contributed by atoms with Gasteiger partial charge in [-0.25, -0.2) is 0 Å². The SMILES string of the molecule is CN=C(NCCCOc1ccc2ccccc2c1)NCCC1CCN(C)CC1. The first-order chi connectivity index (χ1) is 13.7. The number of piperidine rings is 1. The average Bonchev–Trinajstić information content (AvgIpc) is 2.73. The largest absolute Gasteiger partial charge is 0.494 e. The molecule has 2 aromatic carbocycles. The molecule has 1 aliphatic rings. The minimum atomic E-state index is 0.692. The van der Waals surface area contributed by atoms with Crippen molar-refractivity contribution in [2.75, 3.05) is 46.9 Å². The van der Waals surface area contributed by atoms with Gasteiger partial charge in [-0.05, 0) is 74.6 Å². The summed E-state index contributed by atoms with van der Waals surface area (Å²) in [6, 6.07) is 14.6. The zero-order chi connectivity index (χ0) is 19.6. The zero-order valence-electron chi connectivity index (χ0n) is 17.3. The minimum Gasteiger partial charge on any atom is -0.494 e. The Morgan fingerprint density at radius 2 is 1.82 bits per heavy atom. The third-order valence-corrected chi connectivity index (χ3v) is 5.51. The highest BCUT2D eigenvalue weighted by Crippen LogP contribution is 2.20. The second kappa shape index (κ2) is 10.9. The molecule has 2 aromatic rings. The fourth-order valence-electron chi connectivity index (χ4n) is 3.69. The van der Waals surface area contributed by atoms with Crippen LogP contribution in [0.3, 0.4) is 0 Å². The van der Waals surface area contributed by atoms with Crippen LogP contribution in [-0.2, 0) is 0 Å². The van der Waals surface area contributed by atoms with Gasteiger partial charge < -0.3 is 20.3 Å². The number of rotatable bonds is 8. The van der Waals surface area contributed by atoms with Crippen LogP contribution < -0.4 is 15.4 Å². The van der Waals surface area contributed by atoms with Gasteiger partial charge in [0, 0.05) is 20.1 Å². The second-order valence-electron chi connectivity index (χ2n) is 7.67. The second-order valence-corrected chi connectivity index (χ2v) is 7.67. The van der Waals surface area contributed by atoms with Gasteiger partial charge in [-0.3, -0.25) is 4.99 Å². The Morgan fingerprint density at radius 3 is 2.61 bits per heavy atom. The van der Waals surface area contributed by atoms with Crippen molar-refractivity contribution in [2.45, 2.75) is 25.7 Å². The van der Waals surface area contributed by atoms with Crippen LogP contribution in [0.25, 0.3) is 10.8 Å². The molecule has 2 N–H and O–H groups in total. The fraction of sp³-hybridized carbons (Fsp3) is 0.522. The predicted molar refractivity (Wildman–Crippen MR) is 118 cm³/mol. The summed E-state index contributed by atoms with van der Waals surface area (Å²) in [5.74, 6) is 2.66. The van der Waals surface area contributed by atoms with Crippen LogP contribution in [-0.4, -0.2) is 57.7 Å². The third kappa shape index (κ3) is 6.41. The van der Waals surface area contributed by atoms with Crippen molar-refractivity contribution < 1.29 is 4.74 Å². The van der Waals surface area contributed by atoms with Crippen LogP contribution in [0.15, 0.2) is 47.5 Å². The van der Waals surface area contributed by atoms with E-state index in [4.69, 9.17) is 4.74 Å². The van der Waals surface area contributed by atoms with Crippen molar-refractivity contribution in [3.05, 3.63) is 42.5 Å². The first-order valence-corrected chi connectivity index (χ1v) is 10.5. The molecule has 0 aromatic heterocycles. The number of aliphatic imine (C=N–C) groups is 1. The molecule has 5 heteroatoms. The summed E-state index contributed by atoms with van der Waals surface area (Å²) in [5.41, 5.74) is 0. The Labute approximate surface area is 169 Å². The zero-order valence-corrected chi connectivity index (χ0v) is 17.3. The normalized spacial score (nSPS) is 16.3. The highest BCUT2D eigenvalue weighted by atomic mass is 16.5. The smallest absolute Gasteiger partial charge is 0.190 e. The third-order valence-electron chi connectivity index (χ3n) is 5.51. The molecule has 0 amide bonds. The van der Waals surface area contributed by atoms with Crippen molar-refractivity contribution in [2.24, 2.45) is 10.9 Å². The number of hydrogen-bond acceptors (Lipinski definition) is 3. The summed E-state index contributed by atoms with van der Waals surface area (Å²) in [7, 11) is 4.04. The van der Waals surface area contributed by atoms with Crippen LogP contribution in [0, 0.1) is 5.92 Å². The Morgan fingerprint density at radius 1 is 1.07 bits per heavy atom. The number of nitrogens with zero attached hydrogens (tertiary/aromatic N) is 2. The Bertz CT molecular complexity index is 753. The standard InChI is InChI=1S/C23H34N4O/c1-24-23(26-14-10-19-11-15-27(2)16-12-19)25-13-5-17-28-22-9-8-20-6-3-4-7-21(20)18-22/h3-4,6-9,18-19H,5,10-17H2,1-2H3,(H2,24,25,26). The lowest BCUT2D eigenvalue weighted by atomic mass is 9.94. The number of benzene rings is 2. The van der Waals surface area contributed by atoms with Gasteiger partial charge in [0.1, 0.15) is 5.75 Å². The topological polar surface area (TPSA) is 48.9 Å². The number of guanidine groups is 1. The van der Waals surface area contributed by atoms with E-state index >= 15 is 0 Å². The summed E-state index contributed by atoms with van der Waals surface area (Å²) in [6.45, 7) is 4.99. The van der Waals surface area contributed by atoms with Crippen molar-refractivity contribution in [1.82, 2.24) is 15.5 Å². The van der Waals surface area contributed by atoms with Crippen molar-refractivity contribution in [3.63, 3.8) is 0 Å². The van der Waals surface area contributed by atoms with E-state index in [9.17, 15) is 0 Å². The number of ether oxygens (including phenoxy) is 1. The molecule has 0 saturated carbocycles. The quantitative estimate of drug-likeness (QED) is 0.417. The van der Waals surface area contributed by atoms with E-state index in [1.54, 1.807) is 0 Å². The molecule has 28 heavy (non-hydrogen) atoms. The molecule has 0 unspecified atom stereocenters. The van der Waals surface area contributed by atoms with Crippen molar-refractivity contribution in [3.8, 4) is 5.75 Å². The number of hydrogen-bond donors (Lipinski definition) is 2. The van der Waals surface area contributed by atoms with E-state index in [-0.39, 0.29) is 0 Å². The molecule has 152 valence electrons. The Kier molecular flexibility index (Phi) is 7.97. The van der Waals surface area contributed by atoms with Gasteiger partial charge in [0.15, 0.2) is 5.96 Å². The van der Waals surface area contributed by atoms with E-state index in [1.165, 1.54) is 43.1 Å². The lowest BCUT2D eigenvalue weighted by Crippen LogP contribution is -2.39. The molecule has 1 fully saturated rings. The fourth-order valence-corrected chi connectivity index (χ4v) is 3.69. The van der Waals surface area contributed by atoms with E-state index in [0.29, 0.717) is 6.61 Å². The first kappa shape index (κ1) is 20.5. The average molecular weight is 383 g/mol. The maximum atomic E-state index is 5.89. The molecular formula is C23H34N4O. The molecule has 0 aliphatic carbocycles. The Balaban J connectivity index is 1.29. The number of likely N-dealkylation sites (tertiary alicyclic amines) is 1. The lowest BCUT2D eigenvalue weighted by molar-refractivity contribution is 0.213.